The van der Waals surface area contributed by atoms with Gasteiger partial charge in [-0.1, -0.05) is 84.0 Å². The summed E-state index contributed by atoms with van der Waals surface area (Å²) in [6.07, 6.45) is 11.0. The Morgan fingerprint density at radius 1 is 0.623 bits per heavy atom. The number of carbonyl (C=O) groups excluding carboxylic acids is 9. The lowest BCUT2D eigenvalue weighted by atomic mass is 10.0. The minimum Gasteiger partial charge on any atom is -0.480 e. The maximum atomic E-state index is 13.5. The van der Waals surface area contributed by atoms with Crippen LogP contribution in [-0.4, -0.2) is 175 Å². The highest BCUT2D eigenvalue weighted by atomic mass is 16.5. The number of hydrogen-bond acceptors (Lipinski definition) is 15. The fourth-order valence-corrected chi connectivity index (χ4v) is 7.17. The maximum absolute atomic E-state index is 13.5. The van der Waals surface area contributed by atoms with Crippen molar-refractivity contribution in [3.8, 4) is 0 Å². The molecule has 69 heavy (non-hydrogen) atoms. The first-order valence-electron chi connectivity index (χ1n) is 23.9. The number of nitrogens with one attached hydrogen (secondary N) is 7. The summed E-state index contributed by atoms with van der Waals surface area (Å²) in [6, 6.07) is -10.1. The number of aliphatic carboxylic acids is 1. The van der Waals surface area contributed by atoms with E-state index in [1.54, 1.807) is 0 Å². The molecule has 25 nitrogen and oxygen atoms in total. The number of aliphatic hydroxyl groups is 3. The van der Waals surface area contributed by atoms with E-state index in [1.165, 1.54) is 44.9 Å². The molecule has 13 N–H and O–H groups in total. The highest BCUT2D eigenvalue weighted by Crippen LogP contribution is 2.14. The van der Waals surface area contributed by atoms with Crippen molar-refractivity contribution in [2.24, 2.45) is 0 Å². The number of rotatable bonds is 34. The second-order valence-electron chi connectivity index (χ2n) is 17.1. The Bertz CT molecular complexity index is 1670. The zero-order valence-electron chi connectivity index (χ0n) is 40.2. The summed E-state index contributed by atoms with van der Waals surface area (Å²) >= 11 is 0. The summed E-state index contributed by atoms with van der Waals surface area (Å²) < 4.78 is 0. The van der Waals surface area contributed by atoms with E-state index in [9.17, 15) is 78.8 Å². The van der Waals surface area contributed by atoms with Crippen LogP contribution in [0.3, 0.4) is 0 Å². The van der Waals surface area contributed by atoms with E-state index in [-0.39, 0.29) is 58.2 Å². The number of aliphatic hydroxyl groups excluding tert-OH is 3. The Hall–Kier alpha value is -5.50. The average molecular weight is 988 g/mol. The number of nitrogens with zero attached hydrogens (tertiary/aromatic N) is 2. The minimum absolute atomic E-state index is 0.00926. The summed E-state index contributed by atoms with van der Waals surface area (Å²) in [4.78, 5) is 127. The van der Waals surface area contributed by atoms with Crippen LogP contribution in [0.2, 0.25) is 0 Å². The van der Waals surface area contributed by atoms with Gasteiger partial charge in [-0.3, -0.25) is 53.6 Å². The Kier molecular flexibility index (Phi) is 31.0. The van der Waals surface area contributed by atoms with Gasteiger partial charge in [-0.15, -0.1) is 0 Å². The van der Waals surface area contributed by atoms with Crippen LogP contribution in [0.4, 0.5) is 0 Å². The van der Waals surface area contributed by atoms with Gasteiger partial charge in [-0.05, 0) is 38.5 Å². The largest absolute Gasteiger partial charge is 0.480 e. The molecule has 0 radical (unpaired) electrons. The van der Waals surface area contributed by atoms with Crippen LogP contribution < -0.4 is 37.2 Å². The standard InChI is InChI=1S/C44H77N9O16/c1-4-5-6-7-8-9-10-11-12-13-14-15-16-21-35(58)51-36-37(59)43(65)45-23-22-31(47-42(36)64)39(61)50-33(26-54)40(62)46-30(19-17-24-52(68)28(2)56)38(60)49-34(27-55)41(63)48-32(44(66)67)20-18-25-53(69)29(3)57/h30-34,36-37,54-55,59,68-69H,4-27H2,1-3H3,(H,45,65)(H,46,62)(H,47,64)(H,48,63)(H,49,60)(H,50,61)(H,51,58)(H,66,67). The SMILES string of the molecule is CCCCCCCCCCCCCCCC(=O)NC1C(=O)NC(C(=O)NC(CO)C(=O)NC(CCCN(O)C(C)=O)C(=O)NC(CO)C(=O)NC(CCCN(O)C(C)=O)C(=O)O)CCNC(=O)C1O. The molecule has 1 heterocycles. The van der Waals surface area contributed by atoms with Crippen LogP contribution in [0.1, 0.15) is 143 Å². The molecule has 1 aliphatic rings. The highest BCUT2D eigenvalue weighted by molar-refractivity contribution is 5.99. The van der Waals surface area contributed by atoms with Crippen molar-refractivity contribution in [1.82, 2.24) is 47.3 Å². The molecule has 0 aromatic carbocycles. The van der Waals surface area contributed by atoms with Crippen molar-refractivity contribution in [3.05, 3.63) is 0 Å². The van der Waals surface area contributed by atoms with Gasteiger partial charge in [0.25, 0.3) is 5.91 Å². The molecule has 1 aliphatic heterocycles. The molecule has 0 aliphatic carbocycles. The van der Waals surface area contributed by atoms with Crippen LogP contribution in [0.25, 0.3) is 0 Å². The zero-order valence-corrected chi connectivity index (χ0v) is 40.2. The molecule has 0 saturated carbocycles. The zero-order chi connectivity index (χ0) is 51.9. The molecule has 9 amide bonds. The number of carbonyl (C=O) groups is 10. The molecule has 1 rings (SSSR count). The van der Waals surface area contributed by atoms with Gasteiger partial charge in [0, 0.05) is 39.9 Å². The van der Waals surface area contributed by atoms with E-state index in [1.807, 2.05) is 0 Å². The quantitative estimate of drug-likeness (QED) is 0.0195. The second kappa shape index (κ2) is 34.7. The van der Waals surface area contributed by atoms with Crippen LogP contribution in [0, 0.1) is 0 Å². The first-order valence-corrected chi connectivity index (χ1v) is 23.9. The molecular formula is C44H77N9O16. The van der Waals surface area contributed by atoms with E-state index in [0.717, 1.165) is 46.0 Å². The summed E-state index contributed by atoms with van der Waals surface area (Å²) in [5.41, 5.74) is 0. The van der Waals surface area contributed by atoms with Crippen molar-refractivity contribution in [2.75, 3.05) is 32.8 Å². The molecule has 7 unspecified atom stereocenters. The number of carboxylic acid groups (broad SMARTS) is 1. The maximum Gasteiger partial charge on any atom is 0.326 e. The van der Waals surface area contributed by atoms with Gasteiger partial charge in [-0.2, -0.15) is 0 Å². The van der Waals surface area contributed by atoms with Crippen LogP contribution >= 0.6 is 0 Å². The molecule has 0 aromatic heterocycles. The van der Waals surface area contributed by atoms with Gasteiger partial charge in [0.1, 0.15) is 36.3 Å². The Morgan fingerprint density at radius 3 is 1.54 bits per heavy atom. The Morgan fingerprint density at radius 2 is 1.06 bits per heavy atom. The first kappa shape index (κ1) is 61.5. The van der Waals surface area contributed by atoms with Crippen molar-refractivity contribution in [3.63, 3.8) is 0 Å². The van der Waals surface area contributed by atoms with E-state index < -0.39 is 115 Å². The lowest BCUT2D eigenvalue weighted by molar-refractivity contribution is -0.163. The number of unbranched alkanes of at least 4 members (excludes halogenated alkanes) is 12. The molecule has 0 spiro atoms. The normalized spacial score (nSPS) is 17.7. The van der Waals surface area contributed by atoms with Crippen LogP contribution in [0.15, 0.2) is 0 Å². The van der Waals surface area contributed by atoms with E-state index in [4.69, 9.17) is 0 Å². The summed E-state index contributed by atoms with van der Waals surface area (Å²) in [5, 5.41) is 76.4. The topological polar surface area (TPSA) is 383 Å². The molecular weight excluding hydrogens is 911 g/mol. The number of carboxylic acids is 1. The van der Waals surface area contributed by atoms with Crippen molar-refractivity contribution >= 4 is 59.1 Å². The van der Waals surface area contributed by atoms with Crippen molar-refractivity contribution < 1.29 is 78.8 Å². The lowest BCUT2D eigenvalue weighted by Crippen LogP contribution is -2.61. The van der Waals surface area contributed by atoms with E-state index >= 15 is 0 Å². The van der Waals surface area contributed by atoms with E-state index in [2.05, 4.69) is 44.1 Å². The number of hydroxylamine groups is 4. The predicted octanol–water partition coefficient (Wildman–Crippen LogP) is -1.64. The van der Waals surface area contributed by atoms with Crippen LogP contribution in [-0.2, 0) is 47.9 Å². The first-order chi connectivity index (χ1) is 32.8. The van der Waals surface area contributed by atoms with Gasteiger partial charge in [0.15, 0.2) is 6.10 Å². The fraction of sp³-hybridized carbons (Fsp3) is 0.773. The third-order valence-corrected chi connectivity index (χ3v) is 11.4. The number of hydrogen-bond donors (Lipinski definition) is 13. The molecule has 1 fully saturated rings. The minimum atomic E-state index is -2.03. The van der Waals surface area contributed by atoms with Gasteiger partial charge in [0.05, 0.1) is 13.2 Å². The smallest absolute Gasteiger partial charge is 0.326 e. The summed E-state index contributed by atoms with van der Waals surface area (Å²) in [7, 11) is 0. The van der Waals surface area contributed by atoms with Crippen molar-refractivity contribution in [2.45, 2.75) is 185 Å². The second-order valence-corrected chi connectivity index (χ2v) is 17.1. The Labute approximate surface area is 402 Å². The van der Waals surface area contributed by atoms with Crippen molar-refractivity contribution in [1.29, 1.82) is 0 Å². The average Bonchev–Trinajstić information content (AvgIpc) is 3.35. The van der Waals surface area contributed by atoms with Gasteiger partial charge in [0.2, 0.25) is 47.3 Å². The molecule has 7 atom stereocenters. The van der Waals surface area contributed by atoms with Gasteiger partial charge < -0.3 is 57.6 Å². The van der Waals surface area contributed by atoms with E-state index in [0.29, 0.717) is 16.5 Å². The third-order valence-electron chi connectivity index (χ3n) is 11.4. The lowest BCUT2D eigenvalue weighted by Gasteiger charge is -2.26. The monoisotopic (exact) mass is 988 g/mol. The molecule has 25 heteroatoms. The molecule has 0 aromatic rings. The summed E-state index contributed by atoms with van der Waals surface area (Å²) in [6.45, 7) is 1.29. The fourth-order valence-electron chi connectivity index (χ4n) is 7.17. The Balaban J connectivity index is 2.98. The molecule has 1 saturated heterocycles. The van der Waals surface area contributed by atoms with Gasteiger partial charge >= 0.3 is 5.97 Å². The predicted molar refractivity (Wildman–Crippen MR) is 244 cm³/mol. The highest BCUT2D eigenvalue weighted by Gasteiger charge is 2.38. The molecule has 0 bridgehead atoms. The third kappa shape index (κ3) is 25.1. The summed E-state index contributed by atoms with van der Waals surface area (Å²) in [5.74, 6) is -10.2. The van der Waals surface area contributed by atoms with Crippen LogP contribution in [0.5, 0.6) is 0 Å². The molecule has 394 valence electrons. The number of amides is 9. The van der Waals surface area contributed by atoms with Gasteiger partial charge in [-0.25, -0.2) is 14.9 Å².